The summed E-state index contributed by atoms with van der Waals surface area (Å²) < 4.78 is 10.1. The van der Waals surface area contributed by atoms with Gasteiger partial charge in [-0.1, -0.05) is 12.1 Å². The molecule has 1 unspecified atom stereocenters. The molecule has 1 fully saturated rings. The molecule has 2 rings (SSSR count). The third kappa shape index (κ3) is 4.23. The number of methoxy groups -OCH3 is 2. The molecule has 110 valence electrons. The lowest BCUT2D eigenvalue weighted by atomic mass is 9.90. The second kappa shape index (κ2) is 7.29. The van der Waals surface area contributed by atoms with E-state index in [1.54, 1.807) is 14.2 Å². The Morgan fingerprint density at radius 3 is 2.55 bits per heavy atom. The summed E-state index contributed by atoms with van der Waals surface area (Å²) in [5.41, 5.74) is 1.23. The average Bonchev–Trinajstić information content (AvgIpc) is 3.30. The molecule has 1 amide bonds. The molecule has 1 atom stereocenters. The molecule has 1 aromatic carbocycles. The van der Waals surface area contributed by atoms with Gasteiger partial charge >= 0.3 is 0 Å². The highest BCUT2D eigenvalue weighted by molar-refractivity contribution is 5.77. The van der Waals surface area contributed by atoms with E-state index in [0.29, 0.717) is 31.4 Å². The van der Waals surface area contributed by atoms with Gasteiger partial charge in [-0.3, -0.25) is 4.79 Å². The van der Waals surface area contributed by atoms with Crippen LogP contribution in [0.4, 0.5) is 0 Å². The van der Waals surface area contributed by atoms with Crippen LogP contribution in [-0.4, -0.2) is 33.3 Å². The molecular formula is C16H23NO3. The van der Waals surface area contributed by atoms with Crippen molar-refractivity contribution < 1.29 is 14.3 Å². The van der Waals surface area contributed by atoms with Crippen LogP contribution >= 0.6 is 0 Å². The zero-order valence-corrected chi connectivity index (χ0v) is 12.2. The van der Waals surface area contributed by atoms with Gasteiger partial charge in [0.2, 0.25) is 5.91 Å². The highest BCUT2D eigenvalue weighted by Crippen LogP contribution is 2.44. The molecule has 1 N–H and O–H groups in total. The fraction of sp³-hybridized carbons (Fsp3) is 0.562. The summed E-state index contributed by atoms with van der Waals surface area (Å²) in [5, 5.41) is 2.90. The van der Waals surface area contributed by atoms with Gasteiger partial charge in [-0.15, -0.1) is 0 Å². The molecule has 0 aromatic heterocycles. The van der Waals surface area contributed by atoms with E-state index in [1.165, 1.54) is 18.4 Å². The molecule has 0 radical (unpaired) electrons. The van der Waals surface area contributed by atoms with Crippen molar-refractivity contribution in [3.63, 3.8) is 0 Å². The van der Waals surface area contributed by atoms with E-state index < -0.39 is 0 Å². The van der Waals surface area contributed by atoms with Crippen LogP contribution in [0.15, 0.2) is 24.3 Å². The summed E-state index contributed by atoms with van der Waals surface area (Å²) in [5.74, 6) is 1.93. The van der Waals surface area contributed by atoms with Gasteiger partial charge in [-0.2, -0.15) is 0 Å². The maximum atomic E-state index is 12.0. The predicted octanol–water partition coefficient (Wildman–Crippen LogP) is 2.34. The molecule has 20 heavy (non-hydrogen) atoms. The van der Waals surface area contributed by atoms with Crippen LogP contribution in [0.2, 0.25) is 0 Å². The number of carbonyl (C=O) groups is 1. The fourth-order valence-electron chi connectivity index (χ4n) is 2.47. The van der Waals surface area contributed by atoms with E-state index >= 15 is 0 Å². The Bertz CT molecular complexity index is 426. The van der Waals surface area contributed by atoms with Crippen LogP contribution in [0, 0.1) is 5.92 Å². The molecule has 0 aliphatic heterocycles. The molecule has 1 aromatic rings. The SMILES string of the molecule is COCCNC(=O)CC(c1ccc(OC)cc1)C1CC1. The lowest BCUT2D eigenvalue weighted by Gasteiger charge is -2.17. The van der Waals surface area contributed by atoms with Crippen molar-refractivity contribution in [2.45, 2.75) is 25.2 Å². The van der Waals surface area contributed by atoms with E-state index in [2.05, 4.69) is 17.4 Å². The first-order valence-corrected chi connectivity index (χ1v) is 7.14. The van der Waals surface area contributed by atoms with Crippen LogP contribution in [0.3, 0.4) is 0 Å². The molecule has 0 heterocycles. The molecule has 1 aliphatic rings. The van der Waals surface area contributed by atoms with Crippen molar-refractivity contribution >= 4 is 5.91 Å². The average molecular weight is 277 g/mol. The number of ether oxygens (including phenoxy) is 2. The van der Waals surface area contributed by atoms with Crippen LogP contribution in [-0.2, 0) is 9.53 Å². The maximum absolute atomic E-state index is 12.0. The molecular weight excluding hydrogens is 254 g/mol. The highest BCUT2D eigenvalue weighted by Gasteiger charge is 2.33. The second-order valence-corrected chi connectivity index (χ2v) is 5.26. The van der Waals surface area contributed by atoms with Crippen molar-refractivity contribution in [3.8, 4) is 5.75 Å². The van der Waals surface area contributed by atoms with Crippen molar-refractivity contribution in [3.05, 3.63) is 29.8 Å². The van der Waals surface area contributed by atoms with Gasteiger partial charge in [-0.25, -0.2) is 0 Å². The van der Waals surface area contributed by atoms with Crippen LogP contribution < -0.4 is 10.1 Å². The summed E-state index contributed by atoms with van der Waals surface area (Å²) in [7, 11) is 3.30. The smallest absolute Gasteiger partial charge is 0.220 e. The molecule has 4 nitrogen and oxygen atoms in total. The number of benzene rings is 1. The van der Waals surface area contributed by atoms with Crippen LogP contribution in [0.1, 0.15) is 30.7 Å². The van der Waals surface area contributed by atoms with E-state index in [1.807, 2.05) is 12.1 Å². The number of nitrogens with one attached hydrogen (secondary N) is 1. The van der Waals surface area contributed by atoms with Gasteiger partial charge in [0.1, 0.15) is 5.75 Å². The van der Waals surface area contributed by atoms with Gasteiger partial charge in [-0.05, 0) is 42.4 Å². The Hall–Kier alpha value is -1.55. The molecule has 0 bridgehead atoms. The predicted molar refractivity (Wildman–Crippen MR) is 78.0 cm³/mol. The number of hydrogen-bond donors (Lipinski definition) is 1. The first kappa shape index (κ1) is 14.9. The lowest BCUT2D eigenvalue weighted by Crippen LogP contribution is -2.28. The van der Waals surface area contributed by atoms with E-state index in [-0.39, 0.29) is 5.91 Å². The van der Waals surface area contributed by atoms with E-state index in [0.717, 1.165) is 5.75 Å². The fourth-order valence-corrected chi connectivity index (χ4v) is 2.47. The summed E-state index contributed by atoms with van der Waals surface area (Å²) in [6.45, 7) is 1.14. The summed E-state index contributed by atoms with van der Waals surface area (Å²) in [4.78, 5) is 12.0. The zero-order chi connectivity index (χ0) is 14.4. The third-order valence-electron chi connectivity index (χ3n) is 3.77. The largest absolute Gasteiger partial charge is 0.497 e. The number of rotatable bonds is 8. The molecule has 0 spiro atoms. The summed E-state index contributed by atoms with van der Waals surface area (Å²) in [6.07, 6.45) is 3.00. The quantitative estimate of drug-likeness (QED) is 0.742. The van der Waals surface area contributed by atoms with Gasteiger partial charge in [0.25, 0.3) is 0 Å². The Morgan fingerprint density at radius 1 is 1.30 bits per heavy atom. The Balaban J connectivity index is 1.94. The monoisotopic (exact) mass is 277 g/mol. The van der Waals surface area contributed by atoms with Gasteiger partial charge in [0.05, 0.1) is 13.7 Å². The first-order valence-electron chi connectivity index (χ1n) is 7.14. The van der Waals surface area contributed by atoms with Crippen LogP contribution in [0.25, 0.3) is 0 Å². The third-order valence-corrected chi connectivity index (χ3v) is 3.77. The minimum atomic E-state index is 0.106. The molecule has 0 saturated heterocycles. The first-order chi connectivity index (χ1) is 9.74. The standard InChI is InChI=1S/C16H23NO3/c1-19-10-9-17-16(18)11-15(12-3-4-12)13-5-7-14(20-2)8-6-13/h5-8,12,15H,3-4,9-11H2,1-2H3,(H,17,18). The minimum absolute atomic E-state index is 0.106. The minimum Gasteiger partial charge on any atom is -0.497 e. The Kier molecular flexibility index (Phi) is 5.41. The number of amides is 1. The molecule has 1 aliphatic carbocycles. The van der Waals surface area contributed by atoms with Crippen LogP contribution in [0.5, 0.6) is 5.75 Å². The molecule has 1 saturated carbocycles. The highest BCUT2D eigenvalue weighted by atomic mass is 16.5. The normalized spacial score (nSPS) is 15.7. The van der Waals surface area contributed by atoms with Crippen molar-refractivity contribution in [2.24, 2.45) is 5.92 Å². The maximum Gasteiger partial charge on any atom is 0.220 e. The second-order valence-electron chi connectivity index (χ2n) is 5.26. The van der Waals surface area contributed by atoms with Crippen molar-refractivity contribution in [2.75, 3.05) is 27.4 Å². The lowest BCUT2D eigenvalue weighted by molar-refractivity contribution is -0.121. The Morgan fingerprint density at radius 2 is 2.00 bits per heavy atom. The van der Waals surface area contributed by atoms with Crippen molar-refractivity contribution in [1.29, 1.82) is 0 Å². The zero-order valence-electron chi connectivity index (χ0n) is 12.2. The Labute approximate surface area is 120 Å². The van der Waals surface area contributed by atoms with Gasteiger partial charge in [0, 0.05) is 20.1 Å². The van der Waals surface area contributed by atoms with Crippen molar-refractivity contribution in [1.82, 2.24) is 5.32 Å². The number of hydrogen-bond acceptors (Lipinski definition) is 3. The van der Waals surface area contributed by atoms with E-state index in [9.17, 15) is 4.79 Å². The van der Waals surface area contributed by atoms with Gasteiger partial charge < -0.3 is 14.8 Å². The number of carbonyl (C=O) groups excluding carboxylic acids is 1. The van der Waals surface area contributed by atoms with E-state index in [4.69, 9.17) is 9.47 Å². The van der Waals surface area contributed by atoms with Gasteiger partial charge in [0.15, 0.2) is 0 Å². The summed E-state index contributed by atoms with van der Waals surface area (Å²) in [6, 6.07) is 8.08. The summed E-state index contributed by atoms with van der Waals surface area (Å²) >= 11 is 0. The topological polar surface area (TPSA) is 47.6 Å². The molecule has 4 heteroatoms.